The summed E-state index contributed by atoms with van der Waals surface area (Å²) in [6.07, 6.45) is 1.16. The van der Waals surface area contributed by atoms with Crippen molar-refractivity contribution in [3.8, 4) is 0 Å². The molecule has 2 rings (SSSR count). The minimum atomic E-state index is -0.390. The predicted molar refractivity (Wildman–Crippen MR) is 78.0 cm³/mol. The van der Waals surface area contributed by atoms with Crippen LogP contribution in [0.4, 0.5) is 5.69 Å². The highest BCUT2D eigenvalue weighted by Crippen LogP contribution is 2.25. The van der Waals surface area contributed by atoms with E-state index in [1.807, 2.05) is 6.92 Å². The SMILES string of the molecule is CCC1COC(C)CN1Cc1cc([N+](=O)[O-])ccc1Cl. The van der Waals surface area contributed by atoms with Crippen molar-refractivity contribution in [2.75, 3.05) is 13.2 Å². The third kappa shape index (κ3) is 3.48. The minimum absolute atomic E-state index is 0.0822. The second kappa shape index (κ2) is 6.52. The van der Waals surface area contributed by atoms with Crippen LogP contribution in [0.2, 0.25) is 5.02 Å². The molecular formula is C14H19ClN2O3. The average Bonchev–Trinajstić information content (AvgIpc) is 2.41. The maximum Gasteiger partial charge on any atom is 0.269 e. The van der Waals surface area contributed by atoms with Gasteiger partial charge in [0.25, 0.3) is 5.69 Å². The monoisotopic (exact) mass is 298 g/mol. The van der Waals surface area contributed by atoms with Crippen molar-refractivity contribution in [3.63, 3.8) is 0 Å². The molecule has 0 amide bonds. The molecule has 0 aliphatic carbocycles. The van der Waals surface area contributed by atoms with Crippen LogP contribution in [-0.2, 0) is 11.3 Å². The van der Waals surface area contributed by atoms with E-state index in [1.54, 1.807) is 12.1 Å². The van der Waals surface area contributed by atoms with E-state index < -0.39 is 0 Å². The fourth-order valence-electron chi connectivity index (χ4n) is 2.50. The van der Waals surface area contributed by atoms with Crippen LogP contribution in [-0.4, -0.2) is 35.1 Å². The summed E-state index contributed by atoms with van der Waals surface area (Å²) >= 11 is 6.17. The summed E-state index contributed by atoms with van der Waals surface area (Å²) < 4.78 is 5.66. The maximum absolute atomic E-state index is 10.9. The summed E-state index contributed by atoms with van der Waals surface area (Å²) in [6.45, 7) is 6.29. The Bertz CT molecular complexity index is 495. The van der Waals surface area contributed by atoms with E-state index in [0.717, 1.165) is 18.5 Å². The molecule has 0 spiro atoms. The number of hydrogen-bond donors (Lipinski definition) is 0. The Morgan fingerprint density at radius 3 is 2.95 bits per heavy atom. The fourth-order valence-corrected chi connectivity index (χ4v) is 2.67. The van der Waals surface area contributed by atoms with Crippen molar-refractivity contribution >= 4 is 17.3 Å². The van der Waals surface area contributed by atoms with Crippen LogP contribution in [0.3, 0.4) is 0 Å². The van der Waals surface area contributed by atoms with Crippen LogP contribution < -0.4 is 0 Å². The van der Waals surface area contributed by atoms with Crippen LogP contribution in [0, 0.1) is 10.1 Å². The summed E-state index contributed by atoms with van der Waals surface area (Å²) in [4.78, 5) is 12.8. The Morgan fingerprint density at radius 1 is 1.55 bits per heavy atom. The molecule has 110 valence electrons. The number of ether oxygens (including phenoxy) is 1. The van der Waals surface area contributed by atoms with E-state index in [4.69, 9.17) is 16.3 Å². The van der Waals surface area contributed by atoms with Gasteiger partial charge in [-0.05, 0) is 25.0 Å². The Morgan fingerprint density at radius 2 is 2.30 bits per heavy atom. The summed E-state index contributed by atoms with van der Waals surface area (Å²) in [5.74, 6) is 0. The summed E-state index contributed by atoms with van der Waals surface area (Å²) in [6, 6.07) is 4.93. The lowest BCUT2D eigenvalue weighted by molar-refractivity contribution is -0.384. The molecule has 1 aromatic rings. The van der Waals surface area contributed by atoms with Crippen molar-refractivity contribution in [2.24, 2.45) is 0 Å². The van der Waals surface area contributed by atoms with Crippen molar-refractivity contribution in [3.05, 3.63) is 38.9 Å². The highest BCUT2D eigenvalue weighted by Gasteiger charge is 2.26. The summed E-state index contributed by atoms with van der Waals surface area (Å²) in [5.41, 5.74) is 0.882. The van der Waals surface area contributed by atoms with E-state index in [-0.39, 0.29) is 16.7 Å². The number of hydrogen-bond acceptors (Lipinski definition) is 4. The third-order valence-corrected chi connectivity index (χ3v) is 4.03. The molecule has 0 N–H and O–H groups in total. The normalized spacial score (nSPS) is 23.8. The van der Waals surface area contributed by atoms with Crippen LogP contribution >= 0.6 is 11.6 Å². The molecule has 0 saturated carbocycles. The molecule has 1 aliphatic heterocycles. The van der Waals surface area contributed by atoms with Crippen molar-refractivity contribution in [2.45, 2.75) is 39.0 Å². The second-order valence-electron chi connectivity index (χ2n) is 5.17. The molecule has 1 fully saturated rings. The smallest absolute Gasteiger partial charge is 0.269 e. The number of halogens is 1. The first-order chi connectivity index (χ1) is 9.51. The lowest BCUT2D eigenvalue weighted by Gasteiger charge is -2.38. The zero-order valence-corrected chi connectivity index (χ0v) is 12.5. The molecule has 20 heavy (non-hydrogen) atoms. The summed E-state index contributed by atoms with van der Waals surface area (Å²) in [7, 11) is 0. The number of rotatable bonds is 4. The lowest BCUT2D eigenvalue weighted by Crippen LogP contribution is -2.47. The minimum Gasteiger partial charge on any atom is -0.376 e. The molecule has 1 aliphatic rings. The van der Waals surface area contributed by atoms with Crippen LogP contribution in [0.5, 0.6) is 0 Å². The van der Waals surface area contributed by atoms with Gasteiger partial charge in [0, 0.05) is 36.3 Å². The van der Waals surface area contributed by atoms with E-state index in [2.05, 4.69) is 11.8 Å². The summed E-state index contributed by atoms with van der Waals surface area (Å²) in [5, 5.41) is 11.4. The largest absolute Gasteiger partial charge is 0.376 e. The van der Waals surface area contributed by atoms with Gasteiger partial charge in [0.1, 0.15) is 0 Å². The number of nitro benzene ring substituents is 1. The van der Waals surface area contributed by atoms with Gasteiger partial charge in [-0.2, -0.15) is 0 Å². The van der Waals surface area contributed by atoms with Crippen molar-refractivity contribution in [1.29, 1.82) is 0 Å². The van der Waals surface area contributed by atoms with Crippen molar-refractivity contribution < 1.29 is 9.66 Å². The first-order valence-electron chi connectivity index (χ1n) is 6.79. The fraction of sp³-hybridized carbons (Fsp3) is 0.571. The van der Waals surface area contributed by atoms with Gasteiger partial charge in [0.2, 0.25) is 0 Å². The van der Waals surface area contributed by atoms with Crippen molar-refractivity contribution in [1.82, 2.24) is 4.90 Å². The zero-order chi connectivity index (χ0) is 14.7. The maximum atomic E-state index is 10.9. The van der Waals surface area contributed by atoms with Crippen LogP contribution in [0.1, 0.15) is 25.8 Å². The van der Waals surface area contributed by atoms with Gasteiger partial charge in [-0.3, -0.25) is 15.0 Å². The number of non-ortho nitro benzene ring substituents is 1. The van der Waals surface area contributed by atoms with Gasteiger partial charge in [0.05, 0.1) is 17.6 Å². The molecule has 1 heterocycles. The molecular weight excluding hydrogens is 280 g/mol. The van der Waals surface area contributed by atoms with Gasteiger partial charge >= 0.3 is 0 Å². The van der Waals surface area contributed by atoms with Gasteiger partial charge < -0.3 is 4.74 Å². The molecule has 0 bridgehead atoms. The molecule has 2 atom stereocenters. The molecule has 0 aromatic heterocycles. The van der Waals surface area contributed by atoms with Crippen LogP contribution in [0.25, 0.3) is 0 Å². The highest BCUT2D eigenvalue weighted by atomic mass is 35.5. The van der Waals surface area contributed by atoms with Crippen LogP contribution in [0.15, 0.2) is 18.2 Å². The molecule has 5 nitrogen and oxygen atoms in total. The first kappa shape index (κ1) is 15.2. The van der Waals surface area contributed by atoms with E-state index in [1.165, 1.54) is 6.07 Å². The highest BCUT2D eigenvalue weighted by molar-refractivity contribution is 6.31. The first-order valence-corrected chi connectivity index (χ1v) is 7.17. The average molecular weight is 299 g/mol. The zero-order valence-electron chi connectivity index (χ0n) is 11.7. The molecule has 1 aromatic carbocycles. The Kier molecular flexibility index (Phi) is 4.96. The number of benzene rings is 1. The van der Waals surface area contributed by atoms with E-state index in [9.17, 15) is 10.1 Å². The Hall–Kier alpha value is -1.17. The lowest BCUT2D eigenvalue weighted by atomic mass is 10.1. The molecule has 0 radical (unpaired) electrons. The number of morpholine rings is 1. The molecule has 6 heteroatoms. The number of nitro groups is 1. The second-order valence-corrected chi connectivity index (χ2v) is 5.58. The van der Waals surface area contributed by atoms with Gasteiger partial charge in [-0.15, -0.1) is 0 Å². The Balaban J connectivity index is 2.19. The Labute approximate surface area is 123 Å². The quantitative estimate of drug-likeness (QED) is 0.632. The molecule has 2 unspecified atom stereocenters. The molecule has 1 saturated heterocycles. The number of nitrogens with zero attached hydrogens (tertiary/aromatic N) is 2. The third-order valence-electron chi connectivity index (χ3n) is 3.67. The van der Waals surface area contributed by atoms with Gasteiger partial charge in [-0.25, -0.2) is 0 Å². The van der Waals surface area contributed by atoms with E-state index >= 15 is 0 Å². The topological polar surface area (TPSA) is 55.6 Å². The standard InChI is InChI=1S/C14H19ClN2O3/c1-3-12-9-20-10(2)7-16(12)8-11-6-13(17(18)19)4-5-14(11)15/h4-6,10,12H,3,7-9H2,1-2H3. The predicted octanol–water partition coefficient (Wildman–Crippen LogP) is 3.25. The van der Waals surface area contributed by atoms with E-state index in [0.29, 0.717) is 24.2 Å². The van der Waals surface area contributed by atoms with Gasteiger partial charge in [0.15, 0.2) is 0 Å². The van der Waals surface area contributed by atoms with Gasteiger partial charge in [-0.1, -0.05) is 18.5 Å².